The minimum absolute atomic E-state index is 0.322. The highest BCUT2D eigenvalue weighted by Crippen LogP contribution is 2.35. The van der Waals surface area contributed by atoms with E-state index in [0.29, 0.717) is 6.54 Å². The molecule has 0 spiro atoms. The second kappa shape index (κ2) is 7.79. The zero-order valence-electron chi connectivity index (χ0n) is 9.50. The van der Waals surface area contributed by atoms with Crippen molar-refractivity contribution in [1.82, 2.24) is 4.90 Å². The number of hydrogen-bond acceptors (Lipinski definition) is 3. The molecule has 0 heterocycles. The maximum Gasteiger partial charge on any atom is 0.339 e. The highest BCUT2D eigenvalue weighted by molar-refractivity contribution is 7.51. The Kier molecular flexibility index (Phi) is 7.58. The first kappa shape index (κ1) is 15.6. The van der Waals surface area contributed by atoms with E-state index >= 15 is 0 Å². The van der Waals surface area contributed by atoms with E-state index in [1.165, 1.54) is 4.90 Å². The fourth-order valence-electron chi connectivity index (χ4n) is 1.41. The monoisotopic (exact) mass is 253 g/mol. The normalized spacial score (nSPS) is 12.0. The fraction of sp³-hybridized carbons (Fsp3) is 0.889. The molecule has 96 valence electrons. The average Bonchev–Trinajstić information content (AvgIpc) is 2.08. The summed E-state index contributed by atoms with van der Waals surface area (Å²) < 4.78 is 10.8. The molecule has 0 aromatic rings. The highest BCUT2D eigenvalue weighted by atomic mass is 31.2. The van der Waals surface area contributed by atoms with E-state index in [1.54, 1.807) is 0 Å². The molecule has 0 saturated carbocycles. The Labute approximate surface area is 95.4 Å². The second-order valence-corrected chi connectivity index (χ2v) is 5.43. The van der Waals surface area contributed by atoms with Gasteiger partial charge in [-0.15, -0.1) is 0 Å². The fourth-order valence-corrected chi connectivity index (χ4v) is 2.18. The van der Waals surface area contributed by atoms with Crippen LogP contribution >= 0.6 is 7.60 Å². The average molecular weight is 253 g/mol. The van der Waals surface area contributed by atoms with Crippen LogP contribution in [0.1, 0.15) is 32.6 Å². The van der Waals surface area contributed by atoms with Gasteiger partial charge in [-0.1, -0.05) is 26.2 Å². The Hall–Kier alpha value is -0.420. The number of aliphatic carboxylic acids is 1. The van der Waals surface area contributed by atoms with Gasteiger partial charge in [0.2, 0.25) is 0 Å². The van der Waals surface area contributed by atoms with Crippen LogP contribution in [-0.4, -0.2) is 45.1 Å². The molecular weight excluding hydrogens is 233 g/mol. The maximum absolute atomic E-state index is 10.8. The number of rotatable bonds is 9. The standard InChI is InChI=1S/C9H20NO5P/c1-2-3-4-5-6-10(7-9(11)12)8-16(13,14)15/h2-8H2,1H3,(H,11,12)(H2,13,14,15). The first-order valence-electron chi connectivity index (χ1n) is 5.34. The van der Waals surface area contributed by atoms with Crippen molar-refractivity contribution in [1.29, 1.82) is 0 Å². The molecule has 0 saturated heterocycles. The molecule has 3 N–H and O–H groups in total. The van der Waals surface area contributed by atoms with E-state index in [4.69, 9.17) is 14.9 Å². The highest BCUT2D eigenvalue weighted by Gasteiger charge is 2.20. The van der Waals surface area contributed by atoms with Gasteiger partial charge in [-0.05, 0) is 13.0 Å². The molecule has 16 heavy (non-hydrogen) atoms. The Bertz CT molecular complexity index is 252. The molecule has 6 nitrogen and oxygen atoms in total. The molecule has 0 fully saturated rings. The van der Waals surface area contributed by atoms with E-state index in [9.17, 15) is 9.36 Å². The van der Waals surface area contributed by atoms with Crippen molar-refractivity contribution in [3.05, 3.63) is 0 Å². The molecule has 0 aliphatic carbocycles. The van der Waals surface area contributed by atoms with E-state index in [-0.39, 0.29) is 6.54 Å². The zero-order valence-corrected chi connectivity index (χ0v) is 10.4. The summed E-state index contributed by atoms with van der Waals surface area (Å²) in [7, 11) is -4.17. The molecule has 0 rings (SSSR count). The molecule has 7 heteroatoms. The summed E-state index contributed by atoms with van der Waals surface area (Å²) in [5, 5.41) is 8.59. The van der Waals surface area contributed by atoms with Gasteiger partial charge >= 0.3 is 13.6 Å². The van der Waals surface area contributed by atoms with Crippen molar-refractivity contribution >= 4 is 13.6 Å². The summed E-state index contributed by atoms with van der Waals surface area (Å²) >= 11 is 0. The molecule has 0 unspecified atom stereocenters. The lowest BCUT2D eigenvalue weighted by molar-refractivity contribution is -0.138. The van der Waals surface area contributed by atoms with Crippen LogP contribution in [0.5, 0.6) is 0 Å². The number of carboxylic acid groups (broad SMARTS) is 1. The van der Waals surface area contributed by atoms with Gasteiger partial charge in [0.1, 0.15) is 6.29 Å². The number of unbranched alkanes of at least 4 members (excludes halogenated alkanes) is 3. The first-order valence-corrected chi connectivity index (χ1v) is 7.13. The minimum Gasteiger partial charge on any atom is -0.480 e. The van der Waals surface area contributed by atoms with Gasteiger partial charge in [0.15, 0.2) is 0 Å². The molecule has 0 amide bonds. The van der Waals surface area contributed by atoms with Gasteiger partial charge in [0.25, 0.3) is 0 Å². The lowest BCUT2D eigenvalue weighted by atomic mass is 10.2. The van der Waals surface area contributed by atoms with E-state index in [1.807, 2.05) is 0 Å². The van der Waals surface area contributed by atoms with E-state index < -0.39 is 19.9 Å². The van der Waals surface area contributed by atoms with Crippen LogP contribution in [0, 0.1) is 0 Å². The van der Waals surface area contributed by atoms with Crippen LogP contribution in [0.2, 0.25) is 0 Å². The quantitative estimate of drug-likeness (QED) is 0.420. The Morgan fingerprint density at radius 3 is 2.31 bits per heavy atom. The lowest BCUT2D eigenvalue weighted by Crippen LogP contribution is -2.31. The number of carboxylic acids is 1. The number of hydrogen-bond donors (Lipinski definition) is 3. The molecule has 0 aromatic carbocycles. The SMILES string of the molecule is CCCCCCN(CC(=O)O)CP(=O)(O)O. The van der Waals surface area contributed by atoms with Crippen molar-refractivity contribution in [3.8, 4) is 0 Å². The molecule has 0 aromatic heterocycles. The molecule has 0 aliphatic heterocycles. The number of carbonyl (C=O) groups is 1. The van der Waals surface area contributed by atoms with Gasteiger partial charge in [0, 0.05) is 0 Å². The molecule has 0 bridgehead atoms. The molecule has 0 atom stereocenters. The van der Waals surface area contributed by atoms with Crippen LogP contribution in [0.3, 0.4) is 0 Å². The van der Waals surface area contributed by atoms with E-state index in [2.05, 4.69) is 6.92 Å². The summed E-state index contributed by atoms with van der Waals surface area (Å²) in [4.78, 5) is 29.3. The third kappa shape index (κ3) is 10.1. The molecule has 0 radical (unpaired) electrons. The largest absolute Gasteiger partial charge is 0.480 e. The summed E-state index contributed by atoms with van der Waals surface area (Å²) in [6.07, 6.45) is 3.36. The van der Waals surface area contributed by atoms with Gasteiger partial charge in [0.05, 0.1) is 6.54 Å². The third-order valence-corrected chi connectivity index (χ3v) is 2.84. The third-order valence-electron chi connectivity index (χ3n) is 2.07. The van der Waals surface area contributed by atoms with Crippen molar-refractivity contribution in [2.24, 2.45) is 0 Å². The van der Waals surface area contributed by atoms with Crippen LogP contribution < -0.4 is 0 Å². The van der Waals surface area contributed by atoms with Crippen LogP contribution in [0.4, 0.5) is 0 Å². The van der Waals surface area contributed by atoms with E-state index in [0.717, 1.165) is 25.7 Å². The predicted octanol–water partition coefficient (Wildman–Crippen LogP) is 1.09. The summed E-state index contributed by atoms with van der Waals surface area (Å²) in [5.41, 5.74) is 0. The van der Waals surface area contributed by atoms with Crippen LogP contribution in [-0.2, 0) is 9.36 Å². The molecule has 0 aliphatic rings. The Morgan fingerprint density at radius 2 is 1.88 bits per heavy atom. The summed E-state index contributed by atoms with van der Waals surface area (Å²) in [5.74, 6) is -1.07. The number of nitrogens with zero attached hydrogens (tertiary/aromatic N) is 1. The minimum atomic E-state index is -4.17. The van der Waals surface area contributed by atoms with Crippen LogP contribution in [0.15, 0.2) is 0 Å². The predicted molar refractivity (Wildman–Crippen MR) is 60.3 cm³/mol. The summed E-state index contributed by atoms with van der Waals surface area (Å²) in [6, 6.07) is 0. The van der Waals surface area contributed by atoms with Gasteiger partial charge in [-0.2, -0.15) is 0 Å². The van der Waals surface area contributed by atoms with Gasteiger partial charge in [-0.3, -0.25) is 14.3 Å². The zero-order chi connectivity index (χ0) is 12.6. The Morgan fingerprint density at radius 1 is 1.25 bits per heavy atom. The van der Waals surface area contributed by atoms with Crippen molar-refractivity contribution in [2.75, 3.05) is 19.4 Å². The topological polar surface area (TPSA) is 98.1 Å². The van der Waals surface area contributed by atoms with Gasteiger partial charge in [-0.25, -0.2) is 0 Å². The summed E-state index contributed by atoms with van der Waals surface area (Å²) in [6.45, 7) is 2.15. The van der Waals surface area contributed by atoms with Crippen molar-refractivity contribution in [3.63, 3.8) is 0 Å². The maximum atomic E-state index is 10.8. The van der Waals surface area contributed by atoms with Crippen molar-refractivity contribution in [2.45, 2.75) is 32.6 Å². The molecular formula is C9H20NO5P. The lowest BCUT2D eigenvalue weighted by Gasteiger charge is -2.20. The van der Waals surface area contributed by atoms with Crippen molar-refractivity contribution < 1.29 is 24.3 Å². The first-order chi connectivity index (χ1) is 7.35. The second-order valence-electron chi connectivity index (χ2n) is 3.81. The van der Waals surface area contributed by atoms with Crippen LogP contribution in [0.25, 0.3) is 0 Å². The Balaban J connectivity index is 4.01. The van der Waals surface area contributed by atoms with Gasteiger partial charge < -0.3 is 14.9 Å². The smallest absolute Gasteiger partial charge is 0.339 e.